The number of aryl methyl sites for hydroxylation is 2. The third-order valence-corrected chi connectivity index (χ3v) is 5.08. The number of rotatable bonds is 4. The van der Waals surface area contributed by atoms with Crippen LogP contribution in [0.4, 0.5) is 0 Å². The fourth-order valence-corrected chi connectivity index (χ4v) is 3.85. The van der Waals surface area contributed by atoms with E-state index in [1.54, 1.807) is 0 Å². The number of carboxylic acids is 1. The van der Waals surface area contributed by atoms with Gasteiger partial charge in [-0.15, -0.1) is 0 Å². The molecule has 0 saturated carbocycles. The summed E-state index contributed by atoms with van der Waals surface area (Å²) in [6, 6.07) is 3.93. The summed E-state index contributed by atoms with van der Waals surface area (Å²) in [5.74, 6) is -0.991. The van der Waals surface area contributed by atoms with Gasteiger partial charge in [-0.1, -0.05) is 27.7 Å². The first-order chi connectivity index (χ1) is 13.0. The summed E-state index contributed by atoms with van der Waals surface area (Å²) in [6.07, 6.45) is 2.91. The second kappa shape index (κ2) is 6.30. The maximum absolute atomic E-state index is 11.6. The van der Waals surface area contributed by atoms with Crippen molar-refractivity contribution in [1.29, 1.82) is 0 Å². The van der Waals surface area contributed by atoms with Crippen LogP contribution in [-0.4, -0.2) is 25.9 Å². The topological polar surface area (TPSA) is 94.6 Å². The molecule has 27 heavy (non-hydrogen) atoms. The summed E-state index contributed by atoms with van der Waals surface area (Å²) in [6.45, 7) is 8.27. The molecule has 4 rings (SSSR count). The highest BCUT2D eigenvalue weighted by Crippen LogP contribution is 2.35. The van der Waals surface area contributed by atoms with E-state index in [0.717, 1.165) is 45.1 Å². The molecule has 0 aliphatic rings. The van der Waals surface area contributed by atoms with E-state index in [1.807, 2.05) is 19.1 Å². The van der Waals surface area contributed by atoms with Gasteiger partial charge in [0.25, 0.3) is 0 Å². The van der Waals surface area contributed by atoms with Crippen LogP contribution in [0.25, 0.3) is 32.8 Å². The van der Waals surface area contributed by atoms with E-state index < -0.39 is 5.97 Å². The molecule has 0 fully saturated rings. The molecule has 0 atom stereocenters. The quantitative estimate of drug-likeness (QED) is 0.602. The second-order valence-electron chi connectivity index (χ2n) is 7.06. The standard InChI is InChI=1S/C21H22N4O2/c1-5-11-16-15(9-22-19(11)21(26)27)24-13-7-8-14-20(17(13)16)25-18(10(3)4)12(6-2)23-14/h7-10,23H,5-6H2,1-4H3,(H,26,27)/p-1. The number of fused-ring (bicyclic) bond motifs is 5. The largest absolute Gasteiger partial charge is 0.543 e. The Morgan fingerprint density at radius 3 is 2.52 bits per heavy atom. The van der Waals surface area contributed by atoms with E-state index >= 15 is 0 Å². The lowest BCUT2D eigenvalue weighted by molar-refractivity contribution is -0.255. The van der Waals surface area contributed by atoms with E-state index in [1.165, 1.54) is 6.20 Å². The van der Waals surface area contributed by atoms with Crippen LogP contribution in [-0.2, 0) is 12.8 Å². The van der Waals surface area contributed by atoms with Crippen molar-refractivity contribution < 1.29 is 9.90 Å². The van der Waals surface area contributed by atoms with Crippen molar-refractivity contribution in [1.82, 2.24) is 19.9 Å². The molecule has 0 bridgehead atoms. The Balaban J connectivity index is 2.23. The van der Waals surface area contributed by atoms with Crippen LogP contribution in [0.5, 0.6) is 0 Å². The van der Waals surface area contributed by atoms with E-state index in [-0.39, 0.29) is 11.6 Å². The Morgan fingerprint density at radius 2 is 1.89 bits per heavy atom. The minimum absolute atomic E-state index is 0.0189. The first-order valence-corrected chi connectivity index (χ1v) is 9.30. The Hall–Kier alpha value is -3.02. The first kappa shape index (κ1) is 17.4. The van der Waals surface area contributed by atoms with Crippen LogP contribution < -0.4 is 5.11 Å². The molecule has 1 N–H and O–H groups in total. The summed E-state index contributed by atoms with van der Waals surface area (Å²) in [4.78, 5) is 28.8. The molecule has 3 aromatic heterocycles. The van der Waals surface area contributed by atoms with Crippen LogP contribution in [0.1, 0.15) is 61.1 Å². The first-order valence-electron chi connectivity index (χ1n) is 9.30. The predicted molar refractivity (Wildman–Crippen MR) is 104 cm³/mol. The molecule has 6 nitrogen and oxygen atoms in total. The Bertz CT molecular complexity index is 1210. The fraction of sp³-hybridized carbons (Fsp3) is 0.333. The van der Waals surface area contributed by atoms with Gasteiger partial charge >= 0.3 is 0 Å². The minimum atomic E-state index is -1.26. The number of aromatic amines is 1. The zero-order valence-corrected chi connectivity index (χ0v) is 15.9. The number of hydrogen-bond donors (Lipinski definition) is 1. The van der Waals surface area contributed by atoms with E-state index in [9.17, 15) is 9.90 Å². The van der Waals surface area contributed by atoms with Gasteiger partial charge in [-0.2, -0.15) is 0 Å². The van der Waals surface area contributed by atoms with E-state index in [2.05, 4.69) is 35.7 Å². The number of H-pyrrole nitrogens is 1. The monoisotopic (exact) mass is 361 g/mol. The molecular weight excluding hydrogens is 340 g/mol. The maximum Gasteiger partial charge on any atom is 0.0969 e. The lowest BCUT2D eigenvalue weighted by Crippen LogP contribution is -2.25. The van der Waals surface area contributed by atoms with Crippen molar-refractivity contribution in [2.75, 3.05) is 0 Å². The summed E-state index contributed by atoms with van der Waals surface area (Å²) in [7, 11) is 0. The number of pyridine rings is 1. The van der Waals surface area contributed by atoms with Crippen LogP contribution in [0.2, 0.25) is 0 Å². The maximum atomic E-state index is 11.6. The van der Waals surface area contributed by atoms with Crippen molar-refractivity contribution in [2.45, 2.75) is 46.5 Å². The van der Waals surface area contributed by atoms with Crippen LogP contribution in [0.3, 0.4) is 0 Å². The van der Waals surface area contributed by atoms with Gasteiger partial charge < -0.3 is 14.9 Å². The smallest absolute Gasteiger partial charge is 0.0969 e. The molecular formula is C21H21N4O2-. The zero-order chi connectivity index (χ0) is 19.3. The normalized spacial score (nSPS) is 11.9. The lowest BCUT2D eigenvalue weighted by Gasteiger charge is -2.14. The molecule has 0 unspecified atom stereocenters. The molecule has 6 heteroatoms. The molecule has 0 radical (unpaired) electrons. The van der Waals surface area contributed by atoms with Crippen molar-refractivity contribution in [3.05, 3.63) is 41.0 Å². The number of hydrogen-bond acceptors (Lipinski definition) is 5. The molecule has 4 aromatic rings. The van der Waals surface area contributed by atoms with Gasteiger partial charge in [0.05, 0.1) is 45.6 Å². The predicted octanol–water partition coefficient (Wildman–Crippen LogP) is 3.27. The van der Waals surface area contributed by atoms with Gasteiger partial charge in [0, 0.05) is 16.5 Å². The van der Waals surface area contributed by atoms with Crippen molar-refractivity contribution in [3.63, 3.8) is 0 Å². The number of nitrogens with zero attached hydrogens (tertiary/aromatic N) is 3. The number of benzene rings is 1. The van der Waals surface area contributed by atoms with Gasteiger partial charge in [0.1, 0.15) is 0 Å². The minimum Gasteiger partial charge on any atom is -0.543 e. The highest BCUT2D eigenvalue weighted by Gasteiger charge is 2.19. The number of carbonyl (C=O) groups is 1. The van der Waals surface area contributed by atoms with Gasteiger partial charge in [-0.3, -0.25) is 4.98 Å². The summed E-state index contributed by atoms with van der Waals surface area (Å²) >= 11 is 0. The van der Waals surface area contributed by atoms with Crippen molar-refractivity contribution in [2.24, 2.45) is 0 Å². The molecule has 0 aliphatic carbocycles. The Morgan fingerprint density at radius 1 is 1.11 bits per heavy atom. The third kappa shape index (κ3) is 2.55. The SMILES string of the molecule is CCc1[nH]c2ccc3nc4cnc(C(=O)[O-])c(CC)c4c3c2nc1C(C)C. The molecule has 0 spiro atoms. The zero-order valence-electron chi connectivity index (χ0n) is 15.9. The van der Waals surface area contributed by atoms with Crippen LogP contribution >= 0.6 is 0 Å². The van der Waals surface area contributed by atoms with Crippen LogP contribution in [0, 0.1) is 0 Å². The molecule has 3 heterocycles. The summed E-state index contributed by atoms with van der Waals surface area (Å²) in [5, 5.41) is 13.2. The molecule has 1 aromatic carbocycles. The van der Waals surface area contributed by atoms with Gasteiger partial charge in [0.2, 0.25) is 0 Å². The number of carbonyl (C=O) groups excluding carboxylic acids is 1. The third-order valence-electron chi connectivity index (χ3n) is 5.08. The average Bonchev–Trinajstić information content (AvgIpc) is 3.04. The highest BCUT2D eigenvalue weighted by molar-refractivity contribution is 6.20. The number of nitrogens with one attached hydrogen (secondary N) is 1. The van der Waals surface area contributed by atoms with Gasteiger partial charge in [0.15, 0.2) is 0 Å². The average molecular weight is 361 g/mol. The number of aromatic carboxylic acids is 1. The van der Waals surface area contributed by atoms with Gasteiger partial charge in [-0.25, -0.2) is 9.97 Å². The van der Waals surface area contributed by atoms with Crippen molar-refractivity contribution in [3.8, 4) is 0 Å². The second-order valence-corrected chi connectivity index (χ2v) is 7.06. The molecule has 138 valence electrons. The fourth-order valence-electron chi connectivity index (χ4n) is 3.85. The number of carboxylic acid groups (broad SMARTS) is 1. The highest BCUT2D eigenvalue weighted by atomic mass is 16.4. The number of aromatic nitrogens is 4. The lowest BCUT2D eigenvalue weighted by atomic mass is 10.0. The van der Waals surface area contributed by atoms with Gasteiger partial charge in [-0.05, 0) is 36.5 Å². The Kier molecular flexibility index (Phi) is 4.06. The molecule has 0 saturated heterocycles. The van der Waals surface area contributed by atoms with E-state index in [0.29, 0.717) is 17.5 Å². The summed E-state index contributed by atoms with van der Waals surface area (Å²) in [5.41, 5.74) is 6.00. The van der Waals surface area contributed by atoms with Crippen molar-refractivity contribution >= 4 is 38.8 Å². The summed E-state index contributed by atoms with van der Waals surface area (Å²) < 4.78 is 0. The van der Waals surface area contributed by atoms with E-state index in [4.69, 9.17) is 4.98 Å². The van der Waals surface area contributed by atoms with Crippen LogP contribution in [0.15, 0.2) is 18.3 Å². The molecule has 0 amide bonds. The molecule has 0 aliphatic heterocycles. The Labute approximate surface area is 156 Å².